The van der Waals surface area contributed by atoms with Gasteiger partial charge in [0.15, 0.2) is 0 Å². The van der Waals surface area contributed by atoms with E-state index in [9.17, 15) is 19.2 Å². The normalized spacial score (nSPS) is 30.1. The summed E-state index contributed by atoms with van der Waals surface area (Å²) >= 11 is 0. The molecule has 2 heterocycles. The van der Waals surface area contributed by atoms with Gasteiger partial charge in [-0.2, -0.15) is 0 Å². The van der Waals surface area contributed by atoms with Gasteiger partial charge in [0.05, 0.1) is 0 Å². The summed E-state index contributed by atoms with van der Waals surface area (Å²) in [5, 5.41) is 0.992. The molecule has 3 saturated carbocycles. The van der Waals surface area contributed by atoms with Crippen molar-refractivity contribution in [2.45, 2.75) is 129 Å². The molecule has 3 fully saturated rings. The number of rotatable bonds is 9. The minimum absolute atomic E-state index is 0.0932. The molecule has 6 nitrogen and oxygen atoms in total. The summed E-state index contributed by atoms with van der Waals surface area (Å²) in [6.45, 7) is 4.47. The van der Waals surface area contributed by atoms with Crippen LogP contribution in [-0.2, 0) is 0 Å². The topological polar surface area (TPSA) is 74.8 Å². The molecule has 0 saturated heterocycles. The standard InChI is InChI=1S/C37H46N2O4/c1-3-5-7-8-23-10-12-25(13-11-23)38-33(40)27-14-16-29-32-30(17-15-28(31(27)32)34(38)41)36(43)39(35(29)42)26-18-20-37(21-19-26)22-24(37)9-6-4-2/h14-17,23-26H,3-13,18-22H2,1-2H3. The van der Waals surface area contributed by atoms with Crippen LogP contribution in [-0.4, -0.2) is 45.5 Å². The molecule has 2 aromatic carbocycles. The van der Waals surface area contributed by atoms with Crippen LogP contribution in [0.25, 0.3) is 10.8 Å². The molecule has 43 heavy (non-hydrogen) atoms. The first-order chi connectivity index (χ1) is 20.9. The number of carbonyl (C=O) groups excluding carboxylic acids is 4. The van der Waals surface area contributed by atoms with Gasteiger partial charge >= 0.3 is 0 Å². The maximum atomic E-state index is 13.9. The number of amides is 4. The molecule has 0 aromatic heterocycles. The van der Waals surface area contributed by atoms with E-state index in [-0.39, 0.29) is 35.7 Å². The van der Waals surface area contributed by atoms with Crippen LogP contribution in [0.2, 0.25) is 0 Å². The Labute approximate surface area is 255 Å². The highest BCUT2D eigenvalue weighted by atomic mass is 16.2. The van der Waals surface area contributed by atoms with Gasteiger partial charge in [-0.25, -0.2) is 0 Å². The smallest absolute Gasteiger partial charge is 0.261 e. The van der Waals surface area contributed by atoms with Crippen molar-refractivity contribution in [3.63, 3.8) is 0 Å². The fourth-order valence-electron chi connectivity index (χ4n) is 9.29. The van der Waals surface area contributed by atoms with Crippen LogP contribution < -0.4 is 0 Å². The van der Waals surface area contributed by atoms with Crippen molar-refractivity contribution in [2.75, 3.05) is 0 Å². The van der Waals surface area contributed by atoms with E-state index in [4.69, 9.17) is 0 Å². The Balaban J connectivity index is 1.12. The zero-order chi connectivity index (χ0) is 29.9. The number of nitrogens with zero attached hydrogens (tertiary/aromatic N) is 2. The van der Waals surface area contributed by atoms with Crippen molar-refractivity contribution in [3.8, 4) is 0 Å². The van der Waals surface area contributed by atoms with Gasteiger partial charge in [-0.05, 0) is 106 Å². The highest BCUT2D eigenvalue weighted by Gasteiger charge is 2.55. The number of hydrogen-bond donors (Lipinski definition) is 0. The van der Waals surface area contributed by atoms with Gasteiger partial charge in [0.25, 0.3) is 23.6 Å². The van der Waals surface area contributed by atoms with Crippen LogP contribution in [0.5, 0.6) is 0 Å². The van der Waals surface area contributed by atoms with E-state index in [1.165, 1.54) is 61.2 Å². The van der Waals surface area contributed by atoms with Gasteiger partial charge in [-0.1, -0.05) is 52.4 Å². The molecule has 1 atom stereocenters. The van der Waals surface area contributed by atoms with E-state index < -0.39 is 0 Å². The molecule has 4 amide bonds. The minimum Gasteiger partial charge on any atom is -0.271 e. The Kier molecular flexibility index (Phi) is 7.46. The van der Waals surface area contributed by atoms with Gasteiger partial charge in [-0.15, -0.1) is 0 Å². The molecular formula is C37H46N2O4. The van der Waals surface area contributed by atoms with E-state index in [0.717, 1.165) is 57.3 Å². The molecule has 0 bridgehead atoms. The third-order valence-electron chi connectivity index (χ3n) is 11.9. The van der Waals surface area contributed by atoms with Crippen LogP contribution >= 0.6 is 0 Å². The Morgan fingerprint density at radius 3 is 1.53 bits per heavy atom. The maximum Gasteiger partial charge on any atom is 0.261 e. The highest BCUT2D eigenvalue weighted by molar-refractivity contribution is 6.33. The molecule has 3 aliphatic carbocycles. The SMILES string of the molecule is CCCCCC1CCC(N2C(=O)c3ccc4c5c(ccc(c35)C2=O)C(=O)N(C2CCC3(CC2)CC3CCCC)C4=O)CC1. The van der Waals surface area contributed by atoms with E-state index in [1.807, 2.05) is 0 Å². The second kappa shape index (κ2) is 11.2. The minimum atomic E-state index is -0.280. The second-order valence-electron chi connectivity index (χ2n) is 14.3. The quantitative estimate of drug-likeness (QED) is 0.220. The fraction of sp³-hybridized carbons (Fsp3) is 0.622. The molecule has 6 heteroatoms. The van der Waals surface area contributed by atoms with E-state index >= 15 is 0 Å². The lowest BCUT2D eigenvalue weighted by molar-refractivity contribution is 0.0455. The average molecular weight is 583 g/mol. The number of carbonyl (C=O) groups is 4. The van der Waals surface area contributed by atoms with Gasteiger partial charge in [0.1, 0.15) is 0 Å². The summed E-state index contributed by atoms with van der Waals surface area (Å²) in [6.07, 6.45) is 17.8. The number of unbranched alkanes of at least 4 members (excludes halogenated alkanes) is 3. The zero-order valence-corrected chi connectivity index (χ0v) is 26.0. The number of hydrogen-bond acceptors (Lipinski definition) is 4. The average Bonchev–Trinajstić information content (AvgIpc) is 3.70. The summed E-state index contributed by atoms with van der Waals surface area (Å²) in [6, 6.07) is 6.73. The third kappa shape index (κ3) is 4.66. The van der Waals surface area contributed by atoms with E-state index in [2.05, 4.69) is 13.8 Å². The fourth-order valence-corrected chi connectivity index (χ4v) is 9.29. The molecule has 5 aliphatic rings. The van der Waals surface area contributed by atoms with Gasteiger partial charge in [0.2, 0.25) is 0 Å². The number of imide groups is 2. The van der Waals surface area contributed by atoms with Crippen LogP contribution in [0.3, 0.4) is 0 Å². The van der Waals surface area contributed by atoms with Gasteiger partial charge < -0.3 is 0 Å². The molecule has 228 valence electrons. The molecule has 1 spiro atoms. The molecule has 1 unspecified atom stereocenters. The first kappa shape index (κ1) is 28.7. The Morgan fingerprint density at radius 1 is 0.605 bits per heavy atom. The second-order valence-corrected chi connectivity index (χ2v) is 14.3. The van der Waals surface area contributed by atoms with Crippen molar-refractivity contribution < 1.29 is 19.2 Å². The Bertz CT molecular complexity index is 1410. The Hall–Kier alpha value is -3.02. The predicted octanol–water partition coefficient (Wildman–Crippen LogP) is 8.31. The van der Waals surface area contributed by atoms with Crippen LogP contribution in [0, 0.1) is 17.3 Å². The largest absolute Gasteiger partial charge is 0.271 e. The lowest BCUT2D eigenvalue weighted by Crippen LogP contribution is -2.50. The summed E-state index contributed by atoms with van der Waals surface area (Å²) in [4.78, 5) is 58.7. The zero-order valence-electron chi connectivity index (χ0n) is 26.0. The number of benzene rings is 2. The van der Waals surface area contributed by atoms with Crippen LogP contribution in [0.1, 0.15) is 158 Å². The van der Waals surface area contributed by atoms with Crippen molar-refractivity contribution in [2.24, 2.45) is 17.3 Å². The van der Waals surface area contributed by atoms with Crippen molar-refractivity contribution >= 4 is 34.4 Å². The molecule has 0 radical (unpaired) electrons. The van der Waals surface area contributed by atoms with Crippen LogP contribution in [0.15, 0.2) is 24.3 Å². The van der Waals surface area contributed by atoms with E-state index in [1.54, 1.807) is 24.3 Å². The van der Waals surface area contributed by atoms with Gasteiger partial charge in [0, 0.05) is 45.1 Å². The molecule has 7 rings (SSSR count). The lowest BCUT2D eigenvalue weighted by atomic mass is 9.79. The molecule has 0 N–H and O–H groups in total. The molecule has 2 aromatic rings. The summed E-state index contributed by atoms with van der Waals surface area (Å²) in [5.74, 6) is 0.384. The van der Waals surface area contributed by atoms with E-state index in [0.29, 0.717) is 44.4 Å². The first-order valence-corrected chi connectivity index (χ1v) is 17.2. The Morgan fingerprint density at radius 2 is 1.07 bits per heavy atom. The summed E-state index contributed by atoms with van der Waals surface area (Å²) < 4.78 is 0. The molecule has 2 aliphatic heterocycles. The predicted molar refractivity (Wildman–Crippen MR) is 167 cm³/mol. The highest BCUT2D eigenvalue weighted by Crippen LogP contribution is 2.63. The maximum absolute atomic E-state index is 13.9. The lowest BCUT2D eigenvalue weighted by Gasteiger charge is -2.40. The van der Waals surface area contributed by atoms with Crippen LogP contribution in [0.4, 0.5) is 0 Å². The third-order valence-corrected chi connectivity index (χ3v) is 11.9. The summed E-state index contributed by atoms with van der Waals surface area (Å²) in [7, 11) is 0. The van der Waals surface area contributed by atoms with Gasteiger partial charge in [-0.3, -0.25) is 29.0 Å². The molecular weight excluding hydrogens is 536 g/mol. The van der Waals surface area contributed by atoms with Crippen molar-refractivity contribution in [1.29, 1.82) is 0 Å². The summed E-state index contributed by atoms with van der Waals surface area (Å²) in [5.41, 5.74) is 2.22. The monoisotopic (exact) mass is 582 g/mol. The van der Waals surface area contributed by atoms with Crippen molar-refractivity contribution in [3.05, 3.63) is 46.5 Å². The first-order valence-electron chi connectivity index (χ1n) is 17.2. The van der Waals surface area contributed by atoms with Crippen molar-refractivity contribution in [1.82, 2.24) is 9.80 Å².